The van der Waals surface area contributed by atoms with Crippen LogP contribution in [-0.4, -0.2) is 27.1 Å². The van der Waals surface area contributed by atoms with Crippen LogP contribution in [-0.2, 0) is 12.8 Å². The molecule has 0 unspecified atom stereocenters. The standard InChI is InChI=1S/C30H29NO4/c1-4-7-26-24(28(30(34)35)25-17-21(18(2)3)14-15-27(25)31-26)16-19-10-12-20(13-11-19)22-8-5-6-9-23(22)29(32)33/h5-6,8-15,17-18H,4,7,16H2,1-3H3,(H,32,33)(H,34,35). The molecule has 2 N–H and O–H groups in total. The molecular formula is C30H29NO4. The summed E-state index contributed by atoms with van der Waals surface area (Å²) in [5, 5.41) is 20.4. The van der Waals surface area contributed by atoms with Gasteiger partial charge >= 0.3 is 11.9 Å². The van der Waals surface area contributed by atoms with Gasteiger partial charge in [0.05, 0.1) is 16.6 Å². The number of carboxylic acid groups (broad SMARTS) is 2. The van der Waals surface area contributed by atoms with Crippen molar-refractivity contribution in [2.45, 2.75) is 46.0 Å². The Balaban J connectivity index is 1.81. The summed E-state index contributed by atoms with van der Waals surface area (Å²) in [4.78, 5) is 29.0. The molecule has 0 aliphatic carbocycles. The molecule has 1 heterocycles. The van der Waals surface area contributed by atoms with E-state index >= 15 is 0 Å². The summed E-state index contributed by atoms with van der Waals surface area (Å²) in [5.74, 6) is -1.64. The Morgan fingerprint density at radius 1 is 0.914 bits per heavy atom. The van der Waals surface area contributed by atoms with Crippen molar-refractivity contribution in [2.24, 2.45) is 0 Å². The van der Waals surface area contributed by atoms with Gasteiger partial charge in [-0.05, 0) is 58.4 Å². The Morgan fingerprint density at radius 2 is 1.63 bits per heavy atom. The van der Waals surface area contributed by atoms with Gasteiger partial charge in [-0.2, -0.15) is 0 Å². The maximum Gasteiger partial charge on any atom is 0.336 e. The van der Waals surface area contributed by atoms with Gasteiger partial charge in [0, 0.05) is 17.5 Å². The molecule has 0 saturated heterocycles. The van der Waals surface area contributed by atoms with Gasteiger partial charge in [0.2, 0.25) is 0 Å². The molecule has 0 atom stereocenters. The Hall–Kier alpha value is -3.99. The number of hydrogen-bond donors (Lipinski definition) is 2. The molecule has 178 valence electrons. The zero-order chi connectivity index (χ0) is 25.1. The van der Waals surface area contributed by atoms with E-state index in [1.54, 1.807) is 18.2 Å². The summed E-state index contributed by atoms with van der Waals surface area (Å²) >= 11 is 0. The molecule has 0 fully saturated rings. The van der Waals surface area contributed by atoms with Crippen LogP contribution in [0.4, 0.5) is 0 Å². The first-order valence-electron chi connectivity index (χ1n) is 11.9. The van der Waals surface area contributed by atoms with E-state index in [9.17, 15) is 19.8 Å². The average Bonchev–Trinajstić information content (AvgIpc) is 2.84. The second kappa shape index (κ2) is 10.1. The third kappa shape index (κ3) is 4.94. The topological polar surface area (TPSA) is 87.5 Å². The van der Waals surface area contributed by atoms with E-state index in [2.05, 4.69) is 20.8 Å². The number of pyridine rings is 1. The number of rotatable bonds is 8. The Kier molecular flexibility index (Phi) is 6.97. The molecule has 3 aromatic carbocycles. The minimum Gasteiger partial charge on any atom is -0.478 e. The van der Waals surface area contributed by atoms with Gasteiger partial charge < -0.3 is 10.2 Å². The first-order valence-corrected chi connectivity index (χ1v) is 11.9. The zero-order valence-electron chi connectivity index (χ0n) is 20.2. The van der Waals surface area contributed by atoms with Crippen LogP contribution in [0.5, 0.6) is 0 Å². The highest BCUT2D eigenvalue weighted by atomic mass is 16.4. The highest BCUT2D eigenvalue weighted by Gasteiger charge is 2.21. The quantitative estimate of drug-likeness (QED) is 0.292. The molecule has 0 aliphatic heterocycles. The van der Waals surface area contributed by atoms with E-state index in [4.69, 9.17) is 4.98 Å². The molecule has 4 rings (SSSR count). The van der Waals surface area contributed by atoms with Crippen molar-refractivity contribution >= 4 is 22.8 Å². The monoisotopic (exact) mass is 467 g/mol. The molecule has 0 radical (unpaired) electrons. The summed E-state index contributed by atoms with van der Waals surface area (Å²) in [5.41, 5.74) is 6.32. The predicted molar refractivity (Wildman–Crippen MR) is 138 cm³/mol. The molecule has 0 amide bonds. The number of aromatic nitrogens is 1. The number of fused-ring (bicyclic) bond motifs is 1. The third-order valence-corrected chi connectivity index (χ3v) is 6.37. The van der Waals surface area contributed by atoms with Crippen LogP contribution in [0, 0.1) is 0 Å². The molecule has 4 aromatic rings. The van der Waals surface area contributed by atoms with Gasteiger partial charge in [-0.25, -0.2) is 9.59 Å². The van der Waals surface area contributed by atoms with Crippen molar-refractivity contribution in [3.63, 3.8) is 0 Å². The lowest BCUT2D eigenvalue weighted by Gasteiger charge is -2.17. The van der Waals surface area contributed by atoms with Crippen molar-refractivity contribution in [2.75, 3.05) is 0 Å². The molecular weight excluding hydrogens is 438 g/mol. The van der Waals surface area contributed by atoms with Crippen LogP contribution in [0.15, 0.2) is 66.7 Å². The number of benzene rings is 3. The fourth-order valence-corrected chi connectivity index (χ4v) is 4.54. The number of nitrogens with zero attached hydrogens (tertiary/aromatic N) is 1. The molecule has 5 heteroatoms. The van der Waals surface area contributed by atoms with E-state index in [-0.39, 0.29) is 11.5 Å². The highest BCUT2D eigenvalue weighted by molar-refractivity contribution is 6.04. The first kappa shape index (κ1) is 24.1. The molecule has 0 saturated carbocycles. The van der Waals surface area contributed by atoms with E-state index in [1.165, 1.54) is 0 Å². The van der Waals surface area contributed by atoms with Crippen LogP contribution in [0.2, 0.25) is 0 Å². The lowest BCUT2D eigenvalue weighted by Crippen LogP contribution is -2.11. The van der Waals surface area contributed by atoms with Gasteiger partial charge in [0.15, 0.2) is 0 Å². The van der Waals surface area contributed by atoms with Gasteiger partial charge in [-0.3, -0.25) is 4.98 Å². The minimum atomic E-state index is -0.969. The summed E-state index contributed by atoms with van der Waals surface area (Å²) in [6.07, 6.45) is 1.99. The maximum absolute atomic E-state index is 12.5. The minimum absolute atomic E-state index is 0.248. The van der Waals surface area contributed by atoms with Crippen molar-refractivity contribution in [3.05, 3.63) is 100 Å². The van der Waals surface area contributed by atoms with Gasteiger partial charge in [-0.15, -0.1) is 0 Å². The number of carboxylic acids is 2. The fourth-order valence-electron chi connectivity index (χ4n) is 4.54. The molecule has 0 aliphatic rings. The Bertz CT molecular complexity index is 1400. The van der Waals surface area contributed by atoms with E-state index in [0.29, 0.717) is 34.9 Å². The molecule has 35 heavy (non-hydrogen) atoms. The fraction of sp³-hybridized carbons (Fsp3) is 0.233. The van der Waals surface area contributed by atoms with Gasteiger partial charge in [0.25, 0.3) is 0 Å². The largest absolute Gasteiger partial charge is 0.478 e. The number of aryl methyl sites for hydroxylation is 1. The molecule has 0 spiro atoms. The van der Waals surface area contributed by atoms with Crippen molar-refractivity contribution in [1.29, 1.82) is 0 Å². The SMILES string of the molecule is CCCc1nc2ccc(C(C)C)cc2c(C(=O)O)c1Cc1ccc(-c2ccccc2C(=O)O)cc1. The lowest BCUT2D eigenvalue weighted by atomic mass is 9.90. The van der Waals surface area contributed by atoms with Crippen molar-refractivity contribution < 1.29 is 19.8 Å². The lowest BCUT2D eigenvalue weighted by molar-refractivity contribution is 0.0687. The number of carbonyl (C=O) groups is 2. The Labute approximate surface area is 205 Å². The number of hydrogen-bond acceptors (Lipinski definition) is 3. The zero-order valence-corrected chi connectivity index (χ0v) is 20.2. The first-order chi connectivity index (χ1) is 16.8. The smallest absolute Gasteiger partial charge is 0.336 e. The summed E-state index contributed by atoms with van der Waals surface area (Å²) in [6.45, 7) is 6.24. The normalized spacial score (nSPS) is 11.2. The second-order valence-electron chi connectivity index (χ2n) is 9.12. The van der Waals surface area contributed by atoms with Gasteiger partial charge in [0.1, 0.15) is 0 Å². The van der Waals surface area contributed by atoms with E-state index in [1.807, 2.05) is 48.5 Å². The van der Waals surface area contributed by atoms with Gasteiger partial charge in [-0.1, -0.05) is 75.7 Å². The summed E-state index contributed by atoms with van der Waals surface area (Å²) in [7, 11) is 0. The third-order valence-electron chi connectivity index (χ3n) is 6.37. The summed E-state index contributed by atoms with van der Waals surface area (Å²) in [6, 6.07) is 20.5. The second-order valence-corrected chi connectivity index (χ2v) is 9.12. The predicted octanol–water partition coefficient (Wildman–Crippen LogP) is 6.96. The average molecular weight is 468 g/mol. The van der Waals surface area contributed by atoms with Crippen molar-refractivity contribution in [3.8, 4) is 11.1 Å². The molecule has 5 nitrogen and oxygen atoms in total. The van der Waals surface area contributed by atoms with Crippen molar-refractivity contribution in [1.82, 2.24) is 4.98 Å². The summed E-state index contributed by atoms with van der Waals surface area (Å²) < 4.78 is 0. The van der Waals surface area contributed by atoms with Crippen LogP contribution < -0.4 is 0 Å². The molecule has 0 bridgehead atoms. The van der Waals surface area contributed by atoms with Crippen LogP contribution in [0.25, 0.3) is 22.0 Å². The number of aromatic carboxylic acids is 2. The van der Waals surface area contributed by atoms with Crippen LogP contribution in [0.1, 0.15) is 76.2 Å². The Morgan fingerprint density at radius 3 is 2.26 bits per heavy atom. The van der Waals surface area contributed by atoms with Crippen LogP contribution >= 0.6 is 0 Å². The highest BCUT2D eigenvalue weighted by Crippen LogP contribution is 2.31. The molecule has 1 aromatic heterocycles. The van der Waals surface area contributed by atoms with Crippen LogP contribution in [0.3, 0.4) is 0 Å². The maximum atomic E-state index is 12.5. The van der Waals surface area contributed by atoms with E-state index in [0.717, 1.165) is 34.4 Å². The van der Waals surface area contributed by atoms with E-state index < -0.39 is 11.9 Å².